The zero-order chi connectivity index (χ0) is 19.4. The molecule has 0 spiro atoms. The topological polar surface area (TPSA) is 103 Å². The van der Waals surface area contributed by atoms with E-state index in [1.807, 2.05) is 0 Å². The number of hydrogen-bond acceptors (Lipinski definition) is 5. The molecule has 0 aliphatic heterocycles. The fraction of sp³-hybridized carbons (Fsp3) is 0.500. The number of rotatable bonds is 4. The number of alkyl halides is 3. The number of benzene rings is 1. The number of aliphatic hydroxyl groups excluding tert-OH is 2. The maximum Gasteiger partial charge on any atom is 0.416 e. The van der Waals surface area contributed by atoms with Gasteiger partial charge in [0.05, 0.1) is 17.2 Å². The third kappa shape index (κ3) is 6.25. The first-order valence-corrected chi connectivity index (χ1v) is 7.29. The average Bonchev–Trinajstić information content (AvgIpc) is 2.48. The van der Waals surface area contributed by atoms with Gasteiger partial charge in [0.25, 0.3) is 0 Å². The molecule has 2 atom stereocenters. The van der Waals surface area contributed by atoms with Crippen LogP contribution in [0.3, 0.4) is 0 Å². The predicted octanol–water partition coefficient (Wildman–Crippen LogP) is 2.50. The van der Waals surface area contributed by atoms with Crippen molar-refractivity contribution < 1.29 is 32.9 Å². The van der Waals surface area contributed by atoms with Crippen molar-refractivity contribution in [1.29, 1.82) is 5.26 Å². The third-order valence-corrected chi connectivity index (χ3v) is 3.04. The molecule has 0 bridgehead atoms. The third-order valence-electron chi connectivity index (χ3n) is 3.04. The molecule has 25 heavy (non-hydrogen) atoms. The molecule has 2 unspecified atom stereocenters. The Morgan fingerprint density at radius 2 is 1.92 bits per heavy atom. The van der Waals surface area contributed by atoms with Crippen LogP contribution in [0, 0.1) is 11.3 Å². The van der Waals surface area contributed by atoms with Gasteiger partial charge in [-0.3, -0.25) is 0 Å². The summed E-state index contributed by atoms with van der Waals surface area (Å²) in [6.07, 6.45) is -8.67. The Bertz CT molecular complexity index is 663. The van der Waals surface area contributed by atoms with Crippen molar-refractivity contribution in [3.8, 4) is 6.07 Å². The minimum absolute atomic E-state index is 0.172. The summed E-state index contributed by atoms with van der Waals surface area (Å²) in [4.78, 5) is 11.5. The standard InChI is InChI=1S/C16H19F3N2O4/c1-15(2,3)25-14(24)21-8-12(22)13(23)11-5-4-10(16(17,18)19)6-9(11)7-20/h4-6,12-13,22-23H,8H2,1-3H3,(H,21,24). The van der Waals surface area contributed by atoms with Gasteiger partial charge in [-0.25, -0.2) is 4.79 Å². The number of alkyl carbamates (subject to hydrolysis) is 1. The summed E-state index contributed by atoms with van der Waals surface area (Å²) in [7, 11) is 0. The quantitative estimate of drug-likeness (QED) is 0.766. The highest BCUT2D eigenvalue weighted by Gasteiger charge is 2.32. The first-order valence-electron chi connectivity index (χ1n) is 7.29. The van der Waals surface area contributed by atoms with E-state index in [2.05, 4.69) is 5.32 Å². The molecule has 0 fully saturated rings. The molecule has 0 saturated carbocycles. The van der Waals surface area contributed by atoms with Gasteiger partial charge in [-0.2, -0.15) is 18.4 Å². The summed E-state index contributed by atoms with van der Waals surface area (Å²) in [5.74, 6) is 0. The molecule has 0 aliphatic carbocycles. The van der Waals surface area contributed by atoms with Crippen LogP contribution >= 0.6 is 0 Å². The fourth-order valence-electron chi connectivity index (χ4n) is 1.91. The maximum absolute atomic E-state index is 12.7. The van der Waals surface area contributed by atoms with E-state index in [9.17, 15) is 28.2 Å². The molecule has 1 aromatic rings. The maximum atomic E-state index is 12.7. The van der Waals surface area contributed by atoms with E-state index in [1.54, 1.807) is 26.8 Å². The lowest BCUT2D eigenvalue weighted by Crippen LogP contribution is -2.39. The number of nitrogens with zero attached hydrogens (tertiary/aromatic N) is 1. The Labute approximate surface area is 142 Å². The fourth-order valence-corrected chi connectivity index (χ4v) is 1.91. The number of nitriles is 1. The largest absolute Gasteiger partial charge is 0.444 e. The summed E-state index contributed by atoms with van der Waals surface area (Å²) in [6, 6.07) is 3.77. The average molecular weight is 360 g/mol. The molecule has 0 radical (unpaired) electrons. The van der Waals surface area contributed by atoms with Crippen molar-refractivity contribution in [2.45, 2.75) is 44.8 Å². The van der Waals surface area contributed by atoms with Crippen LogP contribution in [0.25, 0.3) is 0 Å². The molecule has 0 saturated heterocycles. The molecule has 6 nitrogen and oxygen atoms in total. The van der Waals surface area contributed by atoms with E-state index in [0.29, 0.717) is 12.1 Å². The highest BCUT2D eigenvalue weighted by atomic mass is 19.4. The van der Waals surface area contributed by atoms with Crippen molar-refractivity contribution in [3.63, 3.8) is 0 Å². The van der Waals surface area contributed by atoms with Gasteiger partial charge in [-0.1, -0.05) is 6.07 Å². The van der Waals surface area contributed by atoms with Gasteiger partial charge in [-0.05, 0) is 32.9 Å². The zero-order valence-corrected chi connectivity index (χ0v) is 13.9. The van der Waals surface area contributed by atoms with Gasteiger partial charge >= 0.3 is 12.3 Å². The van der Waals surface area contributed by atoms with Crippen molar-refractivity contribution in [3.05, 3.63) is 34.9 Å². The summed E-state index contributed by atoms with van der Waals surface area (Å²) in [5, 5.41) is 31.2. The minimum atomic E-state index is -4.63. The Morgan fingerprint density at radius 1 is 1.32 bits per heavy atom. The van der Waals surface area contributed by atoms with Gasteiger partial charge in [0, 0.05) is 12.1 Å². The second-order valence-electron chi connectivity index (χ2n) is 6.31. The van der Waals surface area contributed by atoms with Crippen LogP contribution in [0.1, 0.15) is 43.6 Å². The molecule has 0 aliphatic rings. The number of halogens is 3. The SMILES string of the molecule is CC(C)(C)OC(=O)NCC(O)C(O)c1ccc(C(F)(F)F)cc1C#N. The Morgan fingerprint density at radius 3 is 2.40 bits per heavy atom. The first kappa shape index (κ1) is 20.7. The lowest BCUT2D eigenvalue weighted by Gasteiger charge is -2.23. The Kier molecular flexibility index (Phi) is 6.40. The predicted molar refractivity (Wildman–Crippen MR) is 81.4 cm³/mol. The number of carbonyl (C=O) groups excluding carboxylic acids is 1. The molecule has 3 N–H and O–H groups in total. The smallest absolute Gasteiger partial charge is 0.416 e. The van der Waals surface area contributed by atoms with E-state index in [1.165, 1.54) is 0 Å². The Hall–Kier alpha value is -2.31. The van der Waals surface area contributed by atoms with E-state index in [0.717, 1.165) is 6.07 Å². The van der Waals surface area contributed by atoms with Crippen LogP contribution < -0.4 is 5.32 Å². The van der Waals surface area contributed by atoms with Gasteiger partial charge in [0.2, 0.25) is 0 Å². The number of ether oxygens (including phenoxy) is 1. The molecular weight excluding hydrogens is 341 g/mol. The minimum Gasteiger partial charge on any atom is -0.444 e. The van der Waals surface area contributed by atoms with E-state index in [-0.39, 0.29) is 5.56 Å². The first-order chi connectivity index (χ1) is 11.3. The van der Waals surface area contributed by atoms with Crippen LogP contribution in [0.15, 0.2) is 18.2 Å². The second-order valence-corrected chi connectivity index (χ2v) is 6.31. The molecule has 0 aromatic heterocycles. The second kappa shape index (κ2) is 7.72. The van der Waals surface area contributed by atoms with Crippen LogP contribution in [-0.4, -0.2) is 34.6 Å². The number of carbonyl (C=O) groups is 1. The lowest BCUT2D eigenvalue weighted by molar-refractivity contribution is -0.137. The lowest BCUT2D eigenvalue weighted by atomic mass is 9.97. The van der Waals surface area contributed by atoms with Crippen LogP contribution in [-0.2, 0) is 10.9 Å². The molecule has 1 rings (SSSR count). The van der Waals surface area contributed by atoms with Gasteiger partial charge in [-0.15, -0.1) is 0 Å². The molecular formula is C16H19F3N2O4. The van der Waals surface area contributed by atoms with E-state index in [4.69, 9.17) is 10.00 Å². The van der Waals surface area contributed by atoms with Crippen LogP contribution in [0.2, 0.25) is 0 Å². The van der Waals surface area contributed by atoms with Crippen molar-refractivity contribution in [2.24, 2.45) is 0 Å². The Balaban J connectivity index is 2.84. The number of nitrogens with one attached hydrogen (secondary N) is 1. The van der Waals surface area contributed by atoms with Crippen molar-refractivity contribution in [2.75, 3.05) is 6.54 Å². The van der Waals surface area contributed by atoms with Crippen LogP contribution in [0.4, 0.5) is 18.0 Å². The molecule has 0 heterocycles. The molecule has 138 valence electrons. The highest BCUT2D eigenvalue weighted by molar-refractivity contribution is 5.67. The summed E-state index contributed by atoms with van der Waals surface area (Å²) in [5.41, 5.74) is -2.39. The molecule has 9 heteroatoms. The van der Waals surface area contributed by atoms with Crippen molar-refractivity contribution >= 4 is 6.09 Å². The zero-order valence-electron chi connectivity index (χ0n) is 13.9. The summed E-state index contributed by atoms with van der Waals surface area (Å²) in [6.45, 7) is 4.50. The van der Waals surface area contributed by atoms with Gasteiger partial charge in [0.15, 0.2) is 0 Å². The molecule has 1 amide bonds. The summed E-state index contributed by atoms with van der Waals surface area (Å²) >= 11 is 0. The number of aliphatic hydroxyl groups is 2. The van der Waals surface area contributed by atoms with Gasteiger partial charge in [0.1, 0.15) is 17.8 Å². The molecule has 1 aromatic carbocycles. The normalized spacial score (nSPS) is 14.4. The van der Waals surface area contributed by atoms with Crippen LogP contribution in [0.5, 0.6) is 0 Å². The monoisotopic (exact) mass is 360 g/mol. The number of amides is 1. The summed E-state index contributed by atoms with van der Waals surface area (Å²) < 4.78 is 42.9. The van der Waals surface area contributed by atoms with E-state index < -0.39 is 47.8 Å². The van der Waals surface area contributed by atoms with E-state index >= 15 is 0 Å². The number of hydrogen-bond donors (Lipinski definition) is 3. The van der Waals surface area contributed by atoms with Gasteiger partial charge < -0.3 is 20.3 Å². The highest BCUT2D eigenvalue weighted by Crippen LogP contribution is 2.32. The van der Waals surface area contributed by atoms with Crippen molar-refractivity contribution in [1.82, 2.24) is 5.32 Å².